The van der Waals surface area contributed by atoms with Gasteiger partial charge in [0.15, 0.2) is 5.96 Å². The van der Waals surface area contributed by atoms with Crippen LogP contribution in [-0.4, -0.2) is 24.6 Å². The number of ether oxygens (including phenoxy) is 2. The van der Waals surface area contributed by atoms with E-state index in [1.165, 1.54) is 0 Å². The van der Waals surface area contributed by atoms with E-state index in [2.05, 4.69) is 10.3 Å². The lowest BCUT2D eigenvalue weighted by atomic mass is 10.1. The highest BCUT2D eigenvalue weighted by molar-refractivity contribution is 14.0. The van der Waals surface area contributed by atoms with Crippen LogP contribution in [0, 0.1) is 0 Å². The molecule has 0 radical (unpaired) electrons. The molecule has 3 N–H and O–H groups in total. The van der Waals surface area contributed by atoms with Crippen molar-refractivity contribution in [3.05, 3.63) is 59.7 Å². The van der Waals surface area contributed by atoms with Gasteiger partial charge in [-0.15, -0.1) is 24.0 Å². The Hall–Kier alpha value is -2.29. The second-order valence-corrected chi connectivity index (χ2v) is 6.76. The number of guanidine groups is 1. The van der Waals surface area contributed by atoms with Crippen LogP contribution in [-0.2, 0) is 11.3 Å². The summed E-state index contributed by atoms with van der Waals surface area (Å²) in [6.45, 7) is 5.87. The molecule has 27 heavy (non-hydrogen) atoms. The van der Waals surface area contributed by atoms with Crippen molar-refractivity contribution in [1.29, 1.82) is 0 Å². The largest absolute Gasteiger partial charge is 0.497 e. The molecule has 2 aromatic rings. The lowest BCUT2D eigenvalue weighted by molar-refractivity contribution is 0.00694. The van der Waals surface area contributed by atoms with Gasteiger partial charge in [0.1, 0.15) is 11.4 Å². The van der Waals surface area contributed by atoms with Gasteiger partial charge in [-0.3, -0.25) is 0 Å². The number of nitrogens with two attached hydrogens (primary N) is 1. The molecule has 0 spiro atoms. The molecular weight excluding hydrogens is 457 g/mol. The fourth-order valence-electron chi connectivity index (χ4n) is 2.17. The molecule has 0 aliphatic heterocycles. The molecule has 2 aromatic carbocycles. The first kappa shape index (κ1) is 22.8. The Balaban J connectivity index is 0.00000364. The van der Waals surface area contributed by atoms with Gasteiger partial charge in [-0.2, -0.15) is 0 Å². The van der Waals surface area contributed by atoms with E-state index in [0.717, 1.165) is 17.0 Å². The Labute approximate surface area is 177 Å². The Morgan fingerprint density at radius 2 is 1.81 bits per heavy atom. The summed E-state index contributed by atoms with van der Waals surface area (Å²) in [5, 5.41) is 3.01. The maximum atomic E-state index is 12.1. The number of halogens is 1. The highest BCUT2D eigenvalue weighted by Crippen LogP contribution is 2.15. The van der Waals surface area contributed by atoms with E-state index in [4.69, 9.17) is 15.2 Å². The number of carbonyl (C=O) groups excluding carboxylic acids is 1. The van der Waals surface area contributed by atoms with Gasteiger partial charge in [0.05, 0.1) is 19.2 Å². The van der Waals surface area contributed by atoms with Gasteiger partial charge in [0, 0.05) is 5.69 Å². The number of nitrogens with zero attached hydrogens (tertiary/aromatic N) is 1. The van der Waals surface area contributed by atoms with Gasteiger partial charge in [-0.05, 0) is 62.7 Å². The molecule has 0 fully saturated rings. The van der Waals surface area contributed by atoms with Gasteiger partial charge in [0.25, 0.3) is 0 Å². The van der Waals surface area contributed by atoms with Crippen LogP contribution >= 0.6 is 24.0 Å². The standard InChI is InChI=1S/C20H25N3O3.HI/c1-20(2,3)26-18(24)15-7-5-6-14(12-15)13-22-19(21)23-16-8-10-17(25-4)11-9-16;/h5-12H,13H2,1-4H3,(H3,21,22,23);1H. The summed E-state index contributed by atoms with van der Waals surface area (Å²) in [7, 11) is 1.61. The summed E-state index contributed by atoms with van der Waals surface area (Å²) in [6, 6.07) is 14.5. The van der Waals surface area contributed by atoms with Crippen LogP contribution in [0.5, 0.6) is 5.75 Å². The molecule has 6 nitrogen and oxygen atoms in total. The number of nitrogens with one attached hydrogen (secondary N) is 1. The molecule has 0 bridgehead atoms. The first-order chi connectivity index (χ1) is 12.3. The summed E-state index contributed by atoms with van der Waals surface area (Å²) in [4.78, 5) is 16.4. The minimum atomic E-state index is -0.530. The third-order valence-corrected chi connectivity index (χ3v) is 3.36. The van der Waals surface area contributed by atoms with Gasteiger partial charge in [-0.25, -0.2) is 9.79 Å². The maximum absolute atomic E-state index is 12.1. The molecule has 0 aliphatic carbocycles. The summed E-state index contributed by atoms with van der Waals surface area (Å²) in [6.07, 6.45) is 0. The van der Waals surface area contributed by atoms with Crippen molar-refractivity contribution < 1.29 is 14.3 Å². The average Bonchev–Trinajstić information content (AvgIpc) is 2.59. The number of aliphatic imine (C=N–C) groups is 1. The highest BCUT2D eigenvalue weighted by atomic mass is 127. The maximum Gasteiger partial charge on any atom is 0.338 e. The molecule has 146 valence electrons. The van der Waals surface area contributed by atoms with Crippen molar-refractivity contribution in [2.75, 3.05) is 12.4 Å². The number of benzene rings is 2. The number of carbonyl (C=O) groups is 1. The normalized spacial score (nSPS) is 11.3. The van der Waals surface area contributed by atoms with Gasteiger partial charge in [-0.1, -0.05) is 12.1 Å². The van der Waals surface area contributed by atoms with Crippen molar-refractivity contribution in [2.24, 2.45) is 10.7 Å². The first-order valence-corrected chi connectivity index (χ1v) is 8.30. The molecule has 7 heteroatoms. The second kappa shape index (κ2) is 10.1. The first-order valence-electron chi connectivity index (χ1n) is 8.30. The van der Waals surface area contributed by atoms with Crippen LogP contribution in [0.15, 0.2) is 53.5 Å². The summed E-state index contributed by atoms with van der Waals surface area (Å²) >= 11 is 0. The molecule has 2 rings (SSSR count). The summed E-state index contributed by atoms with van der Waals surface area (Å²) in [5.74, 6) is 0.704. The number of methoxy groups -OCH3 is 1. The number of anilines is 1. The quantitative estimate of drug-likeness (QED) is 0.288. The molecule has 0 amide bonds. The zero-order valence-corrected chi connectivity index (χ0v) is 18.3. The van der Waals surface area contributed by atoms with E-state index in [-0.39, 0.29) is 35.9 Å². The van der Waals surface area contributed by atoms with Crippen LogP contribution in [0.4, 0.5) is 5.69 Å². The zero-order chi connectivity index (χ0) is 19.2. The van der Waals surface area contributed by atoms with Crippen LogP contribution in [0.2, 0.25) is 0 Å². The van der Waals surface area contributed by atoms with E-state index < -0.39 is 5.60 Å². The third kappa shape index (κ3) is 7.86. The predicted octanol–water partition coefficient (Wildman–Crippen LogP) is 4.20. The van der Waals surface area contributed by atoms with Gasteiger partial charge < -0.3 is 20.5 Å². The highest BCUT2D eigenvalue weighted by Gasteiger charge is 2.17. The predicted molar refractivity (Wildman–Crippen MR) is 119 cm³/mol. The lowest BCUT2D eigenvalue weighted by Crippen LogP contribution is -2.24. The van der Waals surface area contributed by atoms with Crippen LogP contribution < -0.4 is 15.8 Å². The zero-order valence-electron chi connectivity index (χ0n) is 16.0. The molecule has 0 aromatic heterocycles. The molecule has 0 atom stereocenters. The van der Waals surface area contributed by atoms with E-state index >= 15 is 0 Å². The Morgan fingerprint density at radius 3 is 2.41 bits per heavy atom. The Kier molecular flexibility index (Phi) is 8.55. The summed E-state index contributed by atoms with van der Waals surface area (Å²) < 4.78 is 10.5. The molecule has 0 saturated carbocycles. The summed E-state index contributed by atoms with van der Waals surface area (Å²) in [5.41, 5.74) is 7.57. The monoisotopic (exact) mass is 483 g/mol. The molecule has 0 heterocycles. The number of esters is 1. The fourth-order valence-corrected chi connectivity index (χ4v) is 2.17. The lowest BCUT2D eigenvalue weighted by Gasteiger charge is -2.19. The minimum Gasteiger partial charge on any atom is -0.497 e. The smallest absolute Gasteiger partial charge is 0.338 e. The van der Waals surface area contributed by atoms with Crippen molar-refractivity contribution in [1.82, 2.24) is 0 Å². The topological polar surface area (TPSA) is 85.9 Å². The molecule has 0 saturated heterocycles. The second-order valence-electron chi connectivity index (χ2n) is 6.76. The Morgan fingerprint density at radius 1 is 1.15 bits per heavy atom. The SMILES string of the molecule is COc1ccc(NC(N)=NCc2cccc(C(=O)OC(C)(C)C)c2)cc1.I. The van der Waals surface area contributed by atoms with Gasteiger partial charge >= 0.3 is 5.97 Å². The van der Waals surface area contributed by atoms with Crippen LogP contribution in [0.25, 0.3) is 0 Å². The van der Waals surface area contributed by atoms with Crippen molar-refractivity contribution >= 4 is 41.6 Å². The van der Waals surface area contributed by atoms with Crippen LogP contribution in [0.3, 0.4) is 0 Å². The molecule has 0 aliphatic rings. The minimum absolute atomic E-state index is 0. The molecular formula is C20H26IN3O3. The van der Waals surface area contributed by atoms with E-state index in [9.17, 15) is 4.79 Å². The van der Waals surface area contributed by atoms with Crippen LogP contribution in [0.1, 0.15) is 36.7 Å². The average molecular weight is 483 g/mol. The number of rotatable bonds is 5. The third-order valence-electron chi connectivity index (χ3n) is 3.36. The fraction of sp³-hybridized carbons (Fsp3) is 0.300. The number of hydrogen-bond acceptors (Lipinski definition) is 4. The number of hydrogen-bond donors (Lipinski definition) is 2. The van der Waals surface area contributed by atoms with Crippen molar-refractivity contribution in [2.45, 2.75) is 32.9 Å². The van der Waals surface area contributed by atoms with Gasteiger partial charge in [0.2, 0.25) is 0 Å². The van der Waals surface area contributed by atoms with E-state index in [0.29, 0.717) is 12.1 Å². The Bertz CT molecular complexity index is 784. The van der Waals surface area contributed by atoms with Crippen molar-refractivity contribution in [3.8, 4) is 5.75 Å². The molecule has 0 unspecified atom stereocenters. The van der Waals surface area contributed by atoms with E-state index in [1.54, 1.807) is 25.3 Å². The van der Waals surface area contributed by atoms with E-state index in [1.807, 2.05) is 51.1 Å². The van der Waals surface area contributed by atoms with Crippen molar-refractivity contribution in [3.63, 3.8) is 0 Å².